The first kappa shape index (κ1) is 10.9. The highest BCUT2D eigenvalue weighted by Crippen LogP contribution is 2.26. The molecule has 0 spiro atoms. The molecule has 2 rings (SSSR count). The third-order valence-corrected chi connectivity index (χ3v) is 4.77. The van der Waals surface area contributed by atoms with Crippen LogP contribution in [-0.4, -0.2) is 23.4 Å². The molecular weight excluding hydrogens is 282 g/mol. The van der Waals surface area contributed by atoms with Crippen LogP contribution < -0.4 is 0 Å². The van der Waals surface area contributed by atoms with Gasteiger partial charge in [-0.3, -0.25) is 4.90 Å². The van der Waals surface area contributed by atoms with Crippen molar-refractivity contribution in [1.82, 2.24) is 4.90 Å². The number of hydrogen-bond acceptors (Lipinski definition) is 2. The molecule has 1 fully saturated rings. The van der Waals surface area contributed by atoms with E-state index >= 15 is 0 Å². The molecule has 1 aromatic heterocycles. The van der Waals surface area contributed by atoms with E-state index in [1.165, 1.54) is 28.7 Å². The van der Waals surface area contributed by atoms with Crippen LogP contribution in [0.1, 0.15) is 17.7 Å². The smallest absolute Gasteiger partial charge is 0.0463 e. The molecule has 1 aliphatic heterocycles. The van der Waals surface area contributed by atoms with Gasteiger partial charge >= 0.3 is 0 Å². The Bertz CT molecular complexity index is 302. The van der Waals surface area contributed by atoms with Crippen molar-refractivity contribution in [3.05, 3.63) is 20.8 Å². The van der Waals surface area contributed by atoms with E-state index in [0.29, 0.717) is 5.38 Å². The number of hydrogen-bond donors (Lipinski definition) is 0. The van der Waals surface area contributed by atoms with E-state index in [0.717, 1.165) is 13.1 Å². The molecule has 0 bridgehead atoms. The summed E-state index contributed by atoms with van der Waals surface area (Å²) in [6.45, 7) is 3.26. The predicted octanol–water partition coefficient (Wildman–Crippen LogP) is 3.71. The summed E-state index contributed by atoms with van der Waals surface area (Å²) in [5, 5.41) is 2.48. The van der Waals surface area contributed by atoms with E-state index in [1.54, 1.807) is 0 Å². The maximum Gasteiger partial charge on any atom is 0.0463 e. The normalized spacial score (nSPS) is 24.0. The summed E-state index contributed by atoms with van der Waals surface area (Å²) in [7, 11) is 0. The molecule has 0 aromatic carbocycles. The molecule has 4 heteroatoms. The summed E-state index contributed by atoms with van der Waals surface area (Å²) in [4.78, 5) is 3.85. The van der Waals surface area contributed by atoms with Gasteiger partial charge in [-0.2, -0.15) is 0 Å². The molecule has 1 aromatic rings. The van der Waals surface area contributed by atoms with Gasteiger partial charge in [-0.25, -0.2) is 0 Å². The largest absolute Gasteiger partial charge is 0.297 e. The fourth-order valence-corrected chi connectivity index (χ4v) is 3.65. The second-order valence-corrected chi connectivity index (χ2v) is 6.14. The van der Waals surface area contributed by atoms with Crippen LogP contribution in [0, 0.1) is 0 Å². The van der Waals surface area contributed by atoms with Crippen LogP contribution in [-0.2, 0) is 6.54 Å². The van der Waals surface area contributed by atoms with Gasteiger partial charge in [0.05, 0.1) is 0 Å². The van der Waals surface area contributed by atoms with Crippen molar-refractivity contribution in [3.63, 3.8) is 0 Å². The number of alkyl halides is 1. The van der Waals surface area contributed by atoms with Crippen molar-refractivity contribution < 1.29 is 0 Å². The van der Waals surface area contributed by atoms with Crippen molar-refractivity contribution in [2.24, 2.45) is 0 Å². The van der Waals surface area contributed by atoms with Crippen LogP contribution in [0.5, 0.6) is 0 Å². The van der Waals surface area contributed by atoms with Gasteiger partial charge in [0, 0.05) is 27.8 Å². The summed E-state index contributed by atoms with van der Waals surface area (Å²) in [6.07, 6.45) is 2.40. The molecule has 0 N–H and O–H groups in total. The van der Waals surface area contributed by atoms with Gasteiger partial charge in [0.15, 0.2) is 0 Å². The van der Waals surface area contributed by atoms with E-state index in [-0.39, 0.29) is 0 Å². The molecule has 0 aliphatic carbocycles. The zero-order valence-electron chi connectivity index (χ0n) is 7.88. The Balaban J connectivity index is 1.94. The monoisotopic (exact) mass is 293 g/mol. The van der Waals surface area contributed by atoms with E-state index in [1.807, 2.05) is 11.3 Å². The minimum absolute atomic E-state index is 0.350. The summed E-state index contributed by atoms with van der Waals surface area (Å²) in [6, 6.07) is 2.11. The number of nitrogens with zero attached hydrogens (tertiary/aromatic N) is 1. The molecule has 14 heavy (non-hydrogen) atoms. The molecule has 0 radical (unpaired) electrons. The van der Waals surface area contributed by atoms with Gasteiger partial charge in [0.25, 0.3) is 0 Å². The van der Waals surface area contributed by atoms with E-state index in [4.69, 9.17) is 11.6 Å². The minimum atomic E-state index is 0.350. The van der Waals surface area contributed by atoms with Crippen LogP contribution in [0.3, 0.4) is 0 Å². The van der Waals surface area contributed by atoms with Crippen LogP contribution in [0.2, 0.25) is 0 Å². The molecule has 0 saturated carbocycles. The maximum atomic E-state index is 6.14. The second kappa shape index (κ2) is 4.97. The first-order valence-electron chi connectivity index (χ1n) is 4.84. The molecule has 1 aliphatic rings. The maximum absolute atomic E-state index is 6.14. The van der Waals surface area contributed by atoms with Gasteiger partial charge in [0.2, 0.25) is 0 Å². The summed E-state index contributed by atoms with van der Waals surface area (Å²) < 4.78 is 1.24. The standard InChI is InChI=1S/C10H13BrClNS/c11-9-3-5-14-10(9)7-13-4-1-2-8(12)6-13/h3,5,8H,1-2,4,6-7H2. The highest BCUT2D eigenvalue weighted by molar-refractivity contribution is 9.10. The first-order valence-corrected chi connectivity index (χ1v) is 6.95. The number of rotatable bonds is 2. The molecule has 0 amide bonds. The van der Waals surface area contributed by atoms with Crippen molar-refractivity contribution >= 4 is 38.9 Å². The molecule has 2 heterocycles. The molecule has 1 atom stereocenters. The van der Waals surface area contributed by atoms with Gasteiger partial charge in [-0.05, 0) is 46.8 Å². The van der Waals surface area contributed by atoms with Crippen LogP contribution in [0.4, 0.5) is 0 Å². The predicted molar refractivity (Wildman–Crippen MR) is 66.2 cm³/mol. The lowest BCUT2D eigenvalue weighted by atomic mass is 10.1. The zero-order chi connectivity index (χ0) is 9.97. The third-order valence-electron chi connectivity index (χ3n) is 2.51. The topological polar surface area (TPSA) is 3.24 Å². The zero-order valence-corrected chi connectivity index (χ0v) is 11.0. The number of piperidine rings is 1. The third kappa shape index (κ3) is 2.72. The quantitative estimate of drug-likeness (QED) is 0.752. The number of thiophene rings is 1. The van der Waals surface area contributed by atoms with E-state index in [9.17, 15) is 0 Å². The first-order chi connectivity index (χ1) is 6.75. The number of likely N-dealkylation sites (tertiary alicyclic amines) is 1. The highest BCUT2D eigenvalue weighted by atomic mass is 79.9. The summed E-state index contributed by atoms with van der Waals surface area (Å²) >= 11 is 11.5. The van der Waals surface area contributed by atoms with Gasteiger partial charge in [-0.15, -0.1) is 22.9 Å². The minimum Gasteiger partial charge on any atom is -0.297 e. The SMILES string of the molecule is ClC1CCCN(Cc2sccc2Br)C1. The molecule has 1 unspecified atom stereocenters. The van der Waals surface area contributed by atoms with Crippen molar-refractivity contribution in [2.45, 2.75) is 24.8 Å². The molecule has 1 nitrogen and oxygen atoms in total. The Labute approximate surface area is 102 Å². The highest BCUT2D eigenvalue weighted by Gasteiger charge is 2.18. The Morgan fingerprint density at radius 1 is 1.64 bits per heavy atom. The Kier molecular flexibility index (Phi) is 3.88. The van der Waals surface area contributed by atoms with Crippen molar-refractivity contribution in [1.29, 1.82) is 0 Å². The Hall–Kier alpha value is 0.430. The van der Waals surface area contributed by atoms with Crippen LogP contribution in [0.25, 0.3) is 0 Å². The van der Waals surface area contributed by atoms with Crippen LogP contribution in [0.15, 0.2) is 15.9 Å². The Morgan fingerprint density at radius 3 is 3.14 bits per heavy atom. The van der Waals surface area contributed by atoms with E-state index in [2.05, 4.69) is 32.3 Å². The number of halogens is 2. The van der Waals surface area contributed by atoms with Gasteiger partial charge in [-0.1, -0.05) is 0 Å². The van der Waals surface area contributed by atoms with Crippen molar-refractivity contribution in [3.8, 4) is 0 Å². The molecule has 78 valence electrons. The second-order valence-electron chi connectivity index (χ2n) is 3.67. The van der Waals surface area contributed by atoms with Gasteiger partial charge < -0.3 is 0 Å². The Morgan fingerprint density at radius 2 is 2.50 bits per heavy atom. The molecule has 1 saturated heterocycles. The van der Waals surface area contributed by atoms with E-state index < -0.39 is 0 Å². The lowest BCUT2D eigenvalue weighted by Gasteiger charge is -2.29. The lowest BCUT2D eigenvalue weighted by Crippen LogP contribution is -2.35. The summed E-state index contributed by atoms with van der Waals surface area (Å²) in [5.41, 5.74) is 0. The molecular formula is C10H13BrClNS. The average Bonchev–Trinajstić information content (AvgIpc) is 2.52. The fourth-order valence-electron chi connectivity index (χ4n) is 1.78. The average molecular weight is 295 g/mol. The lowest BCUT2D eigenvalue weighted by molar-refractivity contribution is 0.225. The van der Waals surface area contributed by atoms with Crippen LogP contribution >= 0.6 is 38.9 Å². The van der Waals surface area contributed by atoms with Crippen molar-refractivity contribution in [2.75, 3.05) is 13.1 Å². The fraction of sp³-hybridized carbons (Fsp3) is 0.600. The summed E-state index contributed by atoms with van der Waals surface area (Å²) in [5.74, 6) is 0. The van der Waals surface area contributed by atoms with Gasteiger partial charge in [0.1, 0.15) is 0 Å².